The van der Waals surface area contributed by atoms with Crippen LogP contribution in [0.3, 0.4) is 0 Å². The minimum absolute atomic E-state index is 0.117. The Hall–Kier alpha value is -1.57. The number of aliphatic hydroxyl groups excluding tert-OH is 2. The number of anilines is 1. The molecule has 0 saturated carbocycles. The smallest absolute Gasteiger partial charge is 0.330 e. The van der Waals surface area contributed by atoms with E-state index in [-0.39, 0.29) is 12.4 Å². The molecule has 1 aromatic rings. The van der Waals surface area contributed by atoms with Crippen LogP contribution in [0.1, 0.15) is 19.6 Å². The zero-order valence-corrected chi connectivity index (χ0v) is 12.6. The van der Waals surface area contributed by atoms with Crippen LogP contribution < -0.4 is 4.90 Å². The molecule has 0 radical (unpaired) electrons. The van der Waals surface area contributed by atoms with Crippen molar-refractivity contribution >= 4 is 23.4 Å². The molecular weight excluding hydrogens is 298 g/mol. The van der Waals surface area contributed by atoms with Crippen LogP contribution in [0.5, 0.6) is 0 Å². The molecule has 1 aliphatic rings. The first-order valence-electron chi connectivity index (χ1n) is 6.43. The summed E-state index contributed by atoms with van der Waals surface area (Å²) in [5.74, 6) is 0.930. The second-order valence-electron chi connectivity index (χ2n) is 5.49. The Labute approximate surface area is 127 Å². The fourth-order valence-electron chi connectivity index (χ4n) is 1.98. The van der Waals surface area contributed by atoms with Crippen molar-refractivity contribution < 1.29 is 19.5 Å². The van der Waals surface area contributed by atoms with Gasteiger partial charge < -0.3 is 14.7 Å². The van der Waals surface area contributed by atoms with Crippen molar-refractivity contribution in [3.63, 3.8) is 0 Å². The molecular formula is C13H18ClN3O4. The predicted octanol–water partition coefficient (Wildman–Crippen LogP) is 1.26. The van der Waals surface area contributed by atoms with Gasteiger partial charge in [0.15, 0.2) is 18.3 Å². The van der Waals surface area contributed by atoms with Crippen LogP contribution in [0.2, 0.25) is 0 Å². The highest BCUT2D eigenvalue weighted by Gasteiger charge is 2.46. The molecule has 0 spiro atoms. The Balaban J connectivity index is 2.30. The van der Waals surface area contributed by atoms with Crippen LogP contribution in [-0.4, -0.2) is 51.2 Å². The van der Waals surface area contributed by atoms with Crippen molar-refractivity contribution in [1.29, 1.82) is 0 Å². The van der Waals surface area contributed by atoms with Crippen LogP contribution in [0.15, 0.2) is 23.2 Å². The van der Waals surface area contributed by atoms with Crippen LogP contribution >= 0.6 is 11.6 Å². The second-order valence-corrected chi connectivity index (χ2v) is 5.75. The van der Waals surface area contributed by atoms with E-state index in [9.17, 15) is 15.0 Å². The first kappa shape index (κ1) is 15.8. The molecule has 1 aliphatic heterocycles. The molecule has 0 aromatic carbocycles. The summed E-state index contributed by atoms with van der Waals surface area (Å²) in [5.41, 5.74) is -0.458. The molecule has 0 bridgehead atoms. The van der Waals surface area contributed by atoms with E-state index in [0.717, 1.165) is 9.80 Å². The molecule has 2 atom stereocenters. The van der Waals surface area contributed by atoms with Crippen molar-refractivity contribution in [2.75, 3.05) is 17.3 Å². The summed E-state index contributed by atoms with van der Waals surface area (Å²) in [5, 5.41) is 23.7. The normalized spacial score (nSPS) is 23.0. The minimum atomic E-state index is -1.42. The predicted molar refractivity (Wildman–Crippen MR) is 77.0 cm³/mol. The Morgan fingerprint density at radius 1 is 1.52 bits per heavy atom. The van der Waals surface area contributed by atoms with E-state index in [0.29, 0.717) is 11.6 Å². The SMILES string of the molecule is C=CCN1C(=O)N(c2cc(C(C)(C)CCl)on2)C(O)C1O. The van der Waals surface area contributed by atoms with Crippen LogP contribution in [0, 0.1) is 0 Å². The lowest BCUT2D eigenvalue weighted by Crippen LogP contribution is -2.37. The molecule has 116 valence electrons. The highest BCUT2D eigenvalue weighted by molar-refractivity contribution is 6.18. The van der Waals surface area contributed by atoms with Gasteiger partial charge in [-0.05, 0) is 0 Å². The Kier molecular flexibility index (Phi) is 4.27. The number of aliphatic hydroxyl groups is 2. The van der Waals surface area contributed by atoms with Crippen LogP contribution in [-0.2, 0) is 5.41 Å². The standard InChI is InChI=1S/C13H18ClN3O4/c1-4-5-16-10(18)11(19)17(12(16)20)9-6-8(21-15-9)13(2,3)7-14/h4,6,10-11,18-19H,1,5,7H2,2-3H3. The topological polar surface area (TPSA) is 90.0 Å². The number of rotatable bonds is 5. The lowest BCUT2D eigenvalue weighted by molar-refractivity contribution is -0.0236. The average molecular weight is 316 g/mol. The number of hydrogen-bond donors (Lipinski definition) is 2. The number of hydrogen-bond acceptors (Lipinski definition) is 5. The summed E-state index contributed by atoms with van der Waals surface area (Å²) in [7, 11) is 0. The van der Waals surface area contributed by atoms with E-state index >= 15 is 0 Å². The van der Waals surface area contributed by atoms with E-state index < -0.39 is 23.9 Å². The lowest BCUT2D eigenvalue weighted by Gasteiger charge is -2.17. The van der Waals surface area contributed by atoms with Gasteiger partial charge in [-0.25, -0.2) is 9.69 Å². The molecule has 1 aromatic heterocycles. The number of carbonyl (C=O) groups is 1. The monoisotopic (exact) mass is 315 g/mol. The molecule has 7 nitrogen and oxygen atoms in total. The first-order valence-corrected chi connectivity index (χ1v) is 6.97. The van der Waals surface area contributed by atoms with Gasteiger partial charge in [-0.1, -0.05) is 25.1 Å². The number of urea groups is 1. The minimum Gasteiger partial charge on any atom is -0.369 e. The number of alkyl halides is 1. The van der Waals surface area contributed by atoms with Crippen molar-refractivity contribution in [2.45, 2.75) is 31.7 Å². The fourth-order valence-corrected chi connectivity index (χ4v) is 2.11. The number of carbonyl (C=O) groups excluding carboxylic acids is 1. The third kappa shape index (κ3) is 2.64. The average Bonchev–Trinajstić information content (AvgIpc) is 3.00. The fraction of sp³-hybridized carbons (Fsp3) is 0.538. The van der Waals surface area contributed by atoms with Gasteiger partial charge >= 0.3 is 6.03 Å². The van der Waals surface area contributed by atoms with Gasteiger partial charge in [0.25, 0.3) is 0 Å². The number of amides is 2. The largest absolute Gasteiger partial charge is 0.369 e. The van der Waals surface area contributed by atoms with Gasteiger partial charge in [0.05, 0.1) is 0 Å². The number of halogens is 1. The molecule has 2 rings (SSSR count). The Morgan fingerprint density at radius 3 is 2.76 bits per heavy atom. The van der Waals surface area contributed by atoms with Gasteiger partial charge in [-0.3, -0.25) is 4.90 Å². The maximum absolute atomic E-state index is 12.2. The molecule has 21 heavy (non-hydrogen) atoms. The van der Waals surface area contributed by atoms with Crippen molar-refractivity contribution in [1.82, 2.24) is 10.1 Å². The van der Waals surface area contributed by atoms with E-state index in [4.69, 9.17) is 16.1 Å². The van der Waals surface area contributed by atoms with E-state index in [1.807, 2.05) is 13.8 Å². The van der Waals surface area contributed by atoms with E-state index in [1.54, 1.807) is 0 Å². The third-order valence-corrected chi connectivity index (χ3v) is 4.04. The van der Waals surface area contributed by atoms with Crippen molar-refractivity contribution in [2.24, 2.45) is 0 Å². The second kappa shape index (κ2) is 5.67. The number of nitrogens with zero attached hydrogens (tertiary/aromatic N) is 3. The molecule has 2 N–H and O–H groups in total. The summed E-state index contributed by atoms with van der Waals surface area (Å²) in [6.07, 6.45) is -1.31. The van der Waals surface area contributed by atoms with Gasteiger partial charge in [0.2, 0.25) is 0 Å². The summed E-state index contributed by atoms with van der Waals surface area (Å²) in [6, 6.07) is 0.964. The van der Waals surface area contributed by atoms with Gasteiger partial charge in [0.1, 0.15) is 5.76 Å². The maximum Gasteiger partial charge on any atom is 0.330 e. The van der Waals surface area contributed by atoms with E-state index in [2.05, 4.69) is 11.7 Å². The molecule has 1 fully saturated rings. The maximum atomic E-state index is 12.2. The zero-order valence-electron chi connectivity index (χ0n) is 11.9. The van der Waals surface area contributed by atoms with Gasteiger partial charge in [-0.15, -0.1) is 18.2 Å². The number of aromatic nitrogens is 1. The van der Waals surface area contributed by atoms with Gasteiger partial charge in [-0.2, -0.15) is 0 Å². The quantitative estimate of drug-likeness (QED) is 0.630. The summed E-state index contributed by atoms with van der Waals surface area (Å²) >= 11 is 5.86. The highest BCUT2D eigenvalue weighted by Crippen LogP contribution is 2.31. The van der Waals surface area contributed by atoms with Crippen LogP contribution in [0.25, 0.3) is 0 Å². The Bertz CT molecular complexity index is 545. The van der Waals surface area contributed by atoms with Crippen molar-refractivity contribution in [3.8, 4) is 0 Å². The molecule has 2 amide bonds. The molecule has 2 unspecified atom stereocenters. The summed E-state index contributed by atoms with van der Waals surface area (Å²) in [4.78, 5) is 14.3. The molecule has 2 heterocycles. The summed E-state index contributed by atoms with van der Waals surface area (Å²) in [6.45, 7) is 7.36. The lowest BCUT2D eigenvalue weighted by atomic mass is 9.93. The molecule has 0 aliphatic carbocycles. The Morgan fingerprint density at radius 2 is 2.19 bits per heavy atom. The first-order chi connectivity index (χ1) is 9.83. The molecule has 1 saturated heterocycles. The van der Waals surface area contributed by atoms with E-state index in [1.165, 1.54) is 12.1 Å². The summed E-state index contributed by atoms with van der Waals surface area (Å²) < 4.78 is 5.20. The van der Waals surface area contributed by atoms with Gasteiger partial charge in [0, 0.05) is 23.9 Å². The molecule has 8 heteroatoms. The van der Waals surface area contributed by atoms with Crippen LogP contribution in [0.4, 0.5) is 10.6 Å². The highest BCUT2D eigenvalue weighted by atomic mass is 35.5. The zero-order chi connectivity index (χ0) is 15.8. The van der Waals surface area contributed by atoms with Crippen molar-refractivity contribution in [3.05, 3.63) is 24.5 Å². The third-order valence-electron chi connectivity index (χ3n) is 3.37.